The molecule has 1 aromatic carbocycles. The molecule has 1 rings (SSSR count). The molecule has 7 heteroatoms. The van der Waals surface area contributed by atoms with Crippen LogP contribution in [0.4, 0.5) is 10.5 Å². The van der Waals surface area contributed by atoms with Gasteiger partial charge in [0.05, 0.1) is 13.2 Å². The SMILES string of the molecule is COCCN(CCO)C(=O)c1ccc(NC(N)=O)cc1. The van der Waals surface area contributed by atoms with Crippen molar-refractivity contribution >= 4 is 17.6 Å². The topological polar surface area (TPSA) is 105 Å². The van der Waals surface area contributed by atoms with Crippen LogP contribution in [0.1, 0.15) is 10.4 Å². The predicted molar refractivity (Wildman–Crippen MR) is 74.5 cm³/mol. The summed E-state index contributed by atoms with van der Waals surface area (Å²) in [7, 11) is 1.55. The van der Waals surface area contributed by atoms with Crippen molar-refractivity contribution in [2.75, 3.05) is 38.7 Å². The average Bonchev–Trinajstić information content (AvgIpc) is 2.43. The molecule has 0 unspecified atom stereocenters. The summed E-state index contributed by atoms with van der Waals surface area (Å²) in [5.74, 6) is -0.207. The smallest absolute Gasteiger partial charge is 0.316 e. The van der Waals surface area contributed by atoms with Gasteiger partial charge in [0, 0.05) is 31.5 Å². The number of anilines is 1. The zero-order valence-corrected chi connectivity index (χ0v) is 11.3. The highest BCUT2D eigenvalue weighted by Crippen LogP contribution is 2.11. The molecule has 0 heterocycles. The fourth-order valence-electron chi connectivity index (χ4n) is 1.66. The highest BCUT2D eigenvalue weighted by molar-refractivity contribution is 5.95. The predicted octanol–water partition coefficient (Wildman–Crippen LogP) is 0.258. The van der Waals surface area contributed by atoms with E-state index >= 15 is 0 Å². The lowest BCUT2D eigenvalue weighted by atomic mass is 10.2. The molecule has 0 saturated carbocycles. The van der Waals surface area contributed by atoms with Crippen molar-refractivity contribution in [3.8, 4) is 0 Å². The van der Waals surface area contributed by atoms with Crippen molar-refractivity contribution < 1.29 is 19.4 Å². The number of urea groups is 1. The fourth-order valence-corrected chi connectivity index (χ4v) is 1.66. The third-order valence-electron chi connectivity index (χ3n) is 2.62. The molecule has 0 fully saturated rings. The summed E-state index contributed by atoms with van der Waals surface area (Å²) >= 11 is 0. The van der Waals surface area contributed by atoms with Gasteiger partial charge in [-0.15, -0.1) is 0 Å². The minimum atomic E-state index is -0.661. The van der Waals surface area contributed by atoms with E-state index in [9.17, 15) is 9.59 Å². The van der Waals surface area contributed by atoms with E-state index in [1.165, 1.54) is 4.90 Å². The number of aliphatic hydroxyl groups is 1. The second-order valence-electron chi connectivity index (χ2n) is 4.08. The van der Waals surface area contributed by atoms with Gasteiger partial charge in [0.1, 0.15) is 0 Å². The number of methoxy groups -OCH3 is 1. The van der Waals surface area contributed by atoms with Gasteiger partial charge in [-0.3, -0.25) is 4.79 Å². The van der Waals surface area contributed by atoms with E-state index in [4.69, 9.17) is 15.6 Å². The number of hydrogen-bond acceptors (Lipinski definition) is 4. The highest BCUT2D eigenvalue weighted by Gasteiger charge is 2.14. The second kappa shape index (κ2) is 8.13. The Kier molecular flexibility index (Phi) is 6.48. The molecule has 7 nitrogen and oxygen atoms in total. The number of aliphatic hydroxyl groups excluding tert-OH is 1. The maximum atomic E-state index is 12.2. The summed E-state index contributed by atoms with van der Waals surface area (Å²) < 4.78 is 4.93. The Morgan fingerprint density at radius 1 is 1.30 bits per heavy atom. The average molecular weight is 281 g/mol. The molecule has 0 aromatic heterocycles. The molecular formula is C13H19N3O4. The van der Waals surface area contributed by atoms with Gasteiger partial charge >= 0.3 is 6.03 Å². The Bertz CT molecular complexity index is 447. The van der Waals surface area contributed by atoms with Crippen LogP contribution in [0.15, 0.2) is 24.3 Å². The minimum Gasteiger partial charge on any atom is -0.395 e. The lowest BCUT2D eigenvalue weighted by molar-refractivity contribution is 0.0656. The number of nitrogens with zero attached hydrogens (tertiary/aromatic N) is 1. The van der Waals surface area contributed by atoms with Crippen molar-refractivity contribution in [2.24, 2.45) is 5.73 Å². The zero-order valence-electron chi connectivity index (χ0n) is 11.3. The third-order valence-corrected chi connectivity index (χ3v) is 2.62. The van der Waals surface area contributed by atoms with Gasteiger partial charge in [-0.2, -0.15) is 0 Å². The first-order chi connectivity index (χ1) is 9.58. The molecule has 110 valence electrons. The molecule has 0 aliphatic rings. The van der Waals surface area contributed by atoms with Crippen LogP contribution in [0.5, 0.6) is 0 Å². The Balaban J connectivity index is 2.75. The van der Waals surface area contributed by atoms with E-state index < -0.39 is 6.03 Å². The summed E-state index contributed by atoms with van der Waals surface area (Å²) in [5, 5.41) is 11.4. The van der Waals surface area contributed by atoms with E-state index in [-0.39, 0.29) is 19.1 Å². The van der Waals surface area contributed by atoms with Gasteiger partial charge in [0.25, 0.3) is 5.91 Å². The number of benzene rings is 1. The molecule has 3 amide bonds. The van der Waals surface area contributed by atoms with Gasteiger partial charge < -0.3 is 25.8 Å². The van der Waals surface area contributed by atoms with Crippen LogP contribution in [-0.2, 0) is 4.74 Å². The van der Waals surface area contributed by atoms with Crippen LogP contribution in [0, 0.1) is 0 Å². The number of hydrogen-bond donors (Lipinski definition) is 3. The number of carbonyl (C=O) groups excluding carboxylic acids is 2. The summed E-state index contributed by atoms with van der Waals surface area (Å²) in [4.78, 5) is 24.4. The number of amides is 3. The molecule has 0 aliphatic heterocycles. The molecule has 0 radical (unpaired) electrons. The van der Waals surface area contributed by atoms with E-state index in [1.807, 2.05) is 0 Å². The number of carbonyl (C=O) groups is 2. The van der Waals surface area contributed by atoms with Gasteiger partial charge in [0.15, 0.2) is 0 Å². The molecule has 20 heavy (non-hydrogen) atoms. The van der Waals surface area contributed by atoms with Crippen molar-refractivity contribution in [2.45, 2.75) is 0 Å². The van der Waals surface area contributed by atoms with Crippen molar-refractivity contribution in [3.63, 3.8) is 0 Å². The maximum absolute atomic E-state index is 12.2. The maximum Gasteiger partial charge on any atom is 0.316 e. The van der Waals surface area contributed by atoms with E-state index in [0.29, 0.717) is 24.4 Å². The molecule has 0 atom stereocenters. The first-order valence-corrected chi connectivity index (χ1v) is 6.14. The third kappa shape index (κ3) is 4.87. The number of ether oxygens (including phenoxy) is 1. The number of nitrogens with one attached hydrogen (secondary N) is 1. The summed E-state index contributed by atoms with van der Waals surface area (Å²) in [6.45, 7) is 0.921. The quantitative estimate of drug-likeness (QED) is 0.666. The lowest BCUT2D eigenvalue weighted by Gasteiger charge is -2.21. The van der Waals surface area contributed by atoms with Crippen molar-refractivity contribution in [1.82, 2.24) is 4.90 Å². The van der Waals surface area contributed by atoms with Crippen molar-refractivity contribution in [3.05, 3.63) is 29.8 Å². The second-order valence-corrected chi connectivity index (χ2v) is 4.08. The Hall–Kier alpha value is -2.12. The highest BCUT2D eigenvalue weighted by atomic mass is 16.5. The largest absolute Gasteiger partial charge is 0.395 e. The van der Waals surface area contributed by atoms with Crippen LogP contribution < -0.4 is 11.1 Å². The van der Waals surface area contributed by atoms with Crippen LogP contribution in [0.25, 0.3) is 0 Å². The molecular weight excluding hydrogens is 262 g/mol. The normalized spacial score (nSPS) is 10.1. The Morgan fingerprint density at radius 3 is 2.45 bits per heavy atom. The summed E-state index contributed by atoms with van der Waals surface area (Å²) in [6, 6.07) is 5.69. The number of rotatable bonds is 7. The molecule has 0 bridgehead atoms. The van der Waals surface area contributed by atoms with Crippen LogP contribution in [0.3, 0.4) is 0 Å². The summed E-state index contributed by atoms with van der Waals surface area (Å²) in [6.07, 6.45) is 0. The Morgan fingerprint density at radius 2 is 1.95 bits per heavy atom. The lowest BCUT2D eigenvalue weighted by Crippen LogP contribution is -2.36. The van der Waals surface area contributed by atoms with E-state index in [1.54, 1.807) is 31.4 Å². The van der Waals surface area contributed by atoms with Crippen LogP contribution >= 0.6 is 0 Å². The van der Waals surface area contributed by atoms with Gasteiger partial charge in [-0.25, -0.2) is 4.79 Å². The molecule has 0 saturated heterocycles. The van der Waals surface area contributed by atoms with Crippen LogP contribution in [-0.4, -0.2) is 55.4 Å². The van der Waals surface area contributed by atoms with Gasteiger partial charge in [0.2, 0.25) is 0 Å². The molecule has 1 aromatic rings. The van der Waals surface area contributed by atoms with Crippen molar-refractivity contribution in [1.29, 1.82) is 0 Å². The van der Waals surface area contributed by atoms with E-state index in [2.05, 4.69) is 5.32 Å². The Labute approximate surface area is 117 Å². The standard InChI is InChI=1S/C13H19N3O4/c1-20-9-7-16(6-8-17)12(18)10-2-4-11(5-3-10)15-13(14)19/h2-5,17H,6-9H2,1H3,(H3,14,15,19). The molecule has 0 spiro atoms. The molecule has 4 N–H and O–H groups in total. The summed E-state index contributed by atoms with van der Waals surface area (Å²) in [5.41, 5.74) is 5.97. The monoisotopic (exact) mass is 281 g/mol. The number of nitrogens with two attached hydrogens (primary N) is 1. The zero-order chi connectivity index (χ0) is 15.0. The van der Waals surface area contributed by atoms with Gasteiger partial charge in [-0.1, -0.05) is 0 Å². The first-order valence-electron chi connectivity index (χ1n) is 6.14. The van der Waals surface area contributed by atoms with Crippen LogP contribution in [0.2, 0.25) is 0 Å². The van der Waals surface area contributed by atoms with Gasteiger partial charge in [-0.05, 0) is 24.3 Å². The van der Waals surface area contributed by atoms with E-state index in [0.717, 1.165) is 0 Å². The molecule has 0 aliphatic carbocycles. The fraction of sp³-hybridized carbons (Fsp3) is 0.385. The minimum absolute atomic E-state index is 0.114. The number of primary amides is 1. The first kappa shape index (κ1) is 15.9.